The van der Waals surface area contributed by atoms with E-state index in [1.807, 2.05) is 6.07 Å². The molecule has 100 valence electrons. The Morgan fingerprint density at radius 3 is 2.70 bits per heavy atom. The van der Waals surface area contributed by atoms with Crippen molar-refractivity contribution < 1.29 is 4.84 Å². The number of anilines is 1. The number of rotatable bonds is 2. The Bertz CT molecular complexity index is 635. The Hall–Kier alpha value is -2.06. The van der Waals surface area contributed by atoms with Crippen LogP contribution in [0.2, 0.25) is 0 Å². The van der Waals surface area contributed by atoms with E-state index in [4.69, 9.17) is 4.84 Å². The molecule has 0 saturated carbocycles. The predicted molar refractivity (Wildman–Crippen MR) is 81.4 cm³/mol. The van der Waals surface area contributed by atoms with Crippen molar-refractivity contribution in [2.24, 2.45) is 0 Å². The average Bonchev–Trinajstić information content (AvgIpc) is 2.84. The number of hydrogen-bond donors (Lipinski definition) is 0. The molecule has 2 aromatic carbocycles. The Balaban J connectivity index is 1.61. The molecule has 20 heavy (non-hydrogen) atoms. The van der Waals surface area contributed by atoms with Crippen LogP contribution in [0.15, 0.2) is 60.7 Å². The van der Waals surface area contributed by atoms with E-state index in [9.17, 15) is 0 Å². The molecule has 0 aromatic heterocycles. The molecule has 1 fully saturated rings. The van der Waals surface area contributed by atoms with Crippen molar-refractivity contribution in [2.75, 3.05) is 5.06 Å². The summed E-state index contributed by atoms with van der Waals surface area (Å²) in [4.78, 5) is 6.01. The van der Waals surface area contributed by atoms with Gasteiger partial charge in [-0.1, -0.05) is 60.7 Å². The number of benzene rings is 2. The number of hydroxylamine groups is 1. The number of para-hydroxylation sites is 1. The minimum absolute atomic E-state index is 0.329. The molecule has 0 aliphatic carbocycles. The second kappa shape index (κ2) is 4.80. The SMILES string of the molecule is C(=C\[C@@H]1C[C@H]2Cc3ccccc3N1O2)/c1ccccc1. The van der Waals surface area contributed by atoms with E-state index >= 15 is 0 Å². The standard InChI is InChI=1S/C18H17NO/c1-2-6-14(7-3-1)10-11-16-13-17-12-15-8-4-5-9-18(15)19(16)20-17/h1-11,16-17H,12-13H2/b11-10+/t16-,17-/m1/s1. The molecule has 2 nitrogen and oxygen atoms in total. The van der Waals surface area contributed by atoms with Crippen LogP contribution >= 0.6 is 0 Å². The van der Waals surface area contributed by atoms with E-state index in [-0.39, 0.29) is 0 Å². The lowest BCUT2D eigenvalue weighted by atomic mass is 10.0. The van der Waals surface area contributed by atoms with E-state index < -0.39 is 0 Å². The summed E-state index contributed by atoms with van der Waals surface area (Å²) in [5.74, 6) is 0. The van der Waals surface area contributed by atoms with Gasteiger partial charge in [0, 0.05) is 12.8 Å². The van der Waals surface area contributed by atoms with E-state index in [1.165, 1.54) is 16.8 Å². The first kappa shape index (κ1) is 11.7. The topological polar surface area (TPSA) is 12.5 Å². The van der Waals surface area contributed by atoms with Gasteiger partial charge in [-0.15, -0.1) is 0 Å². The van der Waals surface area contributed by atoms with Crippen molar-refractivity contribution in [2.45, 2.75) is 25.0 Å². The Labute approximate surface area is 119 Å². The zero-order valence-corrected chi connectivity index (χ0v) is 11.3. The fourth-order valence-corrected chi connectivity index (χ4v) is 3.09. The molecule has 0 radical (unpaired) electrons. The molecule has 2 bridgehead atoms. The molecule has 2 heterocycles. The van der Waals surface area contributed by atoms with Crippen LogP contribution < -0.4 is 5.06 Å². The summed E-state index contributed by atoms with van der Waals surface area (Å²) in [5, 5.41) is 2.09. The normalized spacial score (nSPS) is 24.1. The minimum atomic E-state index is 0.329. The number of nitrogens with zero attached hydrogens (tertiary/aromatic N) is 1. The van der Waals surface area contributed by atoms with Gasteiger partial charge in [0.05, 0.1) is 17.8 Å². The van der Waals surface area contributed by atoms with E-state index in [2.05, 4.69) is 65.7 Å². The summed E-state index contributed by atoms with van der Waals surface area (Å²) in [5.41, 5.74) is 3.87. The van der Waals surface area contributed by atoms with E-state index in [0.29, 0.717) is 12.1 Å². The predicted octanol–water partition coefficient (Wildman–Crippen LogP) is 3.84. The molecular formula is C18H17NO. The van der Waals surface area contributed by atoms with Crippen LogP contribution in [0.3, 0.4) is 0 Å². The van der Waals surface area contributed by atoms with Gasteiger partial charge in [0.2, 0.25) is 0 Å². The fraction of sp³-hybridized carbons (Fsp3) is 0.222. The third-order valence-electron chi connectivity index (χ3n) is 4.06. The van der Waals surface area contributed by atoms with Crippen LogP contribution in [0, 0.1) is 0 Å². The van der Waals surface area contributed by atoms with Crippen LogP contribution in [-0.4, -0.2) is 12.1 Å². The van der Waals surface area contributed by atoms with Crippen molar-refractivity contribution in [3.05, 3.63) is 71.8 Å². The van der Waals surface area contributed by atoms with Crippen molar-refractivity contribution in [3.63, 3.8) is 0 Å². The van der Waals surface area contributed by atoms with Crippen LogP contribution in [-0.2, 0) is 11.3 Å². The summed E-state index contributed by atoms with van der Waals surface area (Å²) >= 11 is 0. The molecule has 2 aliphatic heterocycles. The molecular weight excluding hydrogens is 246 g/mol. The highest BCUT2D eigenvalue weighted by atomic mass is 16.7. The molecule has 0 amide bonds. The highest BCUT2D eigenvalue weighted by Gasteiger charge is 2.37. The Morgan fingerprint density at radius 2 is 1.80 bits per heavy atom. The van der Waals surface area contributed by atoms with Crippen molar-refractivity contribution in [1.82, 2.24) is 0 Å². The highest BCUT2D eigenvalue weighted by molar-refractivity contribution is 5.58. The molecule has 2 heteroatoms. The lowest BCUT2D eigenvalue weighted by Gasteiger charge is -2.28. The molecule has 2 atom stereocenters. The van der Waals surface area contributed by atoms with Crippen LogP contribution in [0.1, 0.15) is 17.5 Å². The summed E-state index contributed by atoms with van der Waals surface area (Å²) in [6.07, 6.45) is 6.88. The van der Waals surface area contributed by atoms with Gasteiger partial charge in [-0.3, -0.25) is 4.84 Å². The number of fused-ring (bicyclic) bond motifs is 4. The quantitative estimate of drug-likeness (QED) is 0.816. The number of hydrogen-bond acceptors (Lipinski definition) is 2. The van der Waals surface area contributed by atoms with Gasteiger partial charge < -0.3 is 0 Å². The third-order valence-corrected chi connectivity index (χ3v) is 4.06. The van der Waals surface area contributed by atoms with Crippen LogP contribution in [0.4, 0.5) is 5.69 Å². The Kier molecular flexibility index (Phi) is 2.82. The maximum Gasteiger partial charge on any atom is 0.0921 e. The van der Waals surface area contributed by atoms with Gasteiger partial charge in [-0.25, -0.2) is 5.06 Å². The molecule has 2 aliphatic rings. The summed E-state index contributed by atoms with van der Waals surface area (Å²) in [7, 11) is 0. The fourth-order valence-electron chi connectivity index (χ4n) is 3.09. The lowest BCUT2D eigenvalue weighted by Crippen LogP contribution is -2.30. The Morgan fingerprint density at radius 1 is 1.00 bits per heavy atom. The third kappa shape index (κ3) is 2.02. The summed E-state index contributed by atoms with van der Waals surface area (Å²) < 4.78 is 0. The van der Waals surface area contributed by atoms with E-state index in [0.717, 1.165) is 12.8 Å². The smallest absolute Gasteiger partial charge is 0.0921 e. The average molecular weight is 263 g/mol. The van der Waals surface area contributed by atoms with Crippen LogP contribution in [0.25, 0.3) is 6.08 Å². The molecule has 1 saturated heterocycles. The van der Waals surface area contributed by atoms with Crippen LogP contribution in [0.5, 0.6) is 0 Å². The summed E-state index contributed by atoms with van der Waals surface area (Å²) in [6, 6.07) is 19.3. The van der Waals surface area contributed by atoms with Crippen molar-refractivity contribution in [3.8, 4) is 0 Å². The lowest BCUT2D eigenvalue weighted by molar-refractivity contribution is 0.0753. The van der Waals surface area contributed by atoms with Gasteiger partial charge in [0.15, 0.2) is 0 Å². The van der Waals surface area contributed by atoms with Crippen molar-refractivity contribution in [1.29, 1.82) is 0 Å². The molecule has 0 spiro atoms. The summed E-state index contributed by atoms with van der Waals surface area (Å²) in [6.45, 7) is 0. The first-order valence-corrected chi connectivity index (χ1v) is 7.17. The van der Waals surface area contributed by atoms with Gasteiger partial charge in [-0.05, 0) is 17.2 Å². The molecule has 2 aromatic rings. The van der Waals surface area contributed by atoms with Crippen molar-refractivity contribution >= 4 is 11.8 Å². The van der Waals surface area contributed by atoms with E-state index in [1.54, 1.807) is 0 Å². The van der Waals surface area contributed by atoms with Gasteiger partial charge >= 0.3 is 0 Å². The zero-order valence-electron chi connectivity index (χ0n) is 11.3. The monoisotopic (exact) mass is 263 g/mol. The first-order valence-electron chi connectivity index (χ1n) is 7.17. The largest absolute Gasteiger partial charge is 0.269 e. The maximum atomic E-state index is 6.01. The van der Waals surface area contributed by atoms with Gasteiger partial charge in [0.1, 0.15) is 0 Å². The van der Waals surface area contributed by atoms with Gasteiger partial charge in [-0.2, -0.15) is 0 Å². The second-order valence-electron chi connectivity index (χ2n) is 5.46. The molecule has 4 rings (SSSR count). The second-order valence-corrected chi connectivity index (χ2v) is 5.46. The van der Waals surface area contributed by atoms with Gasteiger partial charge in [0.25, 0.3) is 0 Å². The zero-order chi connectivity index (χ0) is 13.4. The highest BCUT2D eigenvalue weighted by Crippen LogP contribution is 2.38. The maximum absolute atomic E-state index is 6.01. The minimum Gasteiger partial charge on any atom is -0.269 e. The first-order chi connectivity index (χ1) is 9.90. The molecule has 0 N–H and O–H groups in total. The molecule has 0 unspecified atom stereocenters.